The lowest BCUT2D eigenvalue weighted by atomic mass is 9.88. The Hall–Kier alpha value is -1.75. The van der Waals surface area contributed by atoms with Gasteiger partial charge in [-0.2, -0.15) is 0 Å². The molecular weight excluding hydrogens is 950 g/mol. The molecule has 0 aromatic carbocycles. The zero-order chi connectivity index (χ0) is 52.6. The van der Waals surface area contributed by atoms with Crippen LogP contribution in [0.25, 0.3) is 0 Å². The maximum Gasteiger partial charge on any atom is 0.212 e. The van der Waals surface area contributed by atoms with Crippen LogP contribution in [0.15, 0.2) is 12.2 Å². The highest BCUT2D eigenvalue weighted by atomic mass is 16.8. The normalized spacial score (nSPS) is 39.8. The van der Waals surface area contributed by atoms with Crippen LogP contribution < -0.4 is 22.3 Å². The molecule has 0 aromatic rings. The molecule has 4 heterocycles. The zero-order valence-electron chi connectivity index (χ0n) is 40.2. The molecule has 71 heavy (non-hydrogen) atoms. The number of aliphatic carboxylic acids is 1. The van der Waals surface area contributed by atoms with Crippen LogP contribution in [0.5, 0.6) is 0 Å². The summed E-state index contributed by atoms with van der Waals surface area (Å²) in [5.74, 6) is -5.49. The van der Waals surface area contributed by atoms with Gasteiger partial charge in [0.2, 0.25) is 5.79 Å². The van der Waals surface area contributed by atoms with Crippen LogP contribution in [0.1, 0.15) is 90.4 Å². The van der Waals surface area contributed by atoms with E-state index in [2.05, 4.69) is 6.92 Å². The molecule has 0 spiro atoms. The number of carboxylic acid groups (broad SMARTS) is 1. The fourth-order valence-electron chi connectivity index (χ4n) is 9.03. The Kier molecular flexibility index (Phi) is 26.2. The summed E-state index contributed by atoms with van der Waals surface area (Å²) < 4.78 is 46.0. The van der Waals surface area contributed by atoms with Gasteiger partial charge in [0, 0.05) is 6.42 Å². The van der Waals surface area contributed by atoms with E-state index in [1.165, 1.54) is 57.4 Å². The van der Waals surface area contributed by atoms with Crippen molar-refractivity contribution < 1.29 is 114 Å². The number of hydrogen-bond donors (Lipinski definition) is 16. The number of unbranched alkanes of at least 4 members (excludes halogenated alkanes) is 11. The minimum Gasteiger partial charge on any atom is -0.544 e. The largest absolute Gasteiger partial charge is 0.544 e. The van der Waals surface area contributed by atoms with Crippen molar-refractivity contribution in [3.05, 3.63) is 12.2 Å². The Morgan fingerprint density at radius 3 is 1.82 bits per heavy atom. The molecule has 4 unspecified atom stereocenters. The van der Waals surface area contributed by atoms with Crippen LogP contribution in [-0.4, -0.2) is 246 Å². The van der Waals surface area contributed by atoms with E-state index in [-0.39, 0.29) is 0 Å². The molecular formula is C45H82N3O23-. The summed E-state index contributed by atoms with van der Waals surface area (Å²) in [6.07, 6.45) is -19.5. The minimum absolute atomic E-state index is 0.396. The van der Waals surface area contributed by atoms with Gasteiger partial charge < -0.3 is 131 Å². The lowest BCUT2D eigenvalue weighted by Gasteiger charge is -2.53. The van der Waals surface area contributed by atoms with E-state index in [1.807, 2.05) is 6.08 Å². The van der Waals surface area contributed by atoms with E-state index < -0.39 is 186 Å². The lowest BCUT2D eigenvalue weighted by molar-refractivity contribution is -0.419. The van der Waals surface area contributed by atoms with Crippen molar-refractivity contribution in [3.63, 3.8) is 0 Å². The molecule has 0 bridgehead atoms. The minimum atomic E-state index is -3.23. The van der Waals surface area contributed by atoms with Crippen molar-refractivity contribution in [1.82, 2.24) is 0 Å². The van der Waals surface area contributed by atoms with Crippen molar-refractivity contribution in [2.75, 3.05) is 33.0 Å². The second kappa shape index (κ2) is 30.1. The molecule has 4 aliphatic rings. The van der Waals surface area contributed by atoms with E-state index in [0.29, 0.717) is 0 Å². The van der Waals surface area contributed by atoms with Gasteiger partial charge in [0.1, 0.15) is 91.4 Å². The van der Waals surface area contributed by atoms with Crippen LogP contribution in [0.2, 0.25) is 0 Å². The van der Waals surface area contributed by atoms with Crippen LogP contribution >= 0.6 is 0 Å². The van der Waals surface area contributed by atoms with Crippen LogP contribution in [-0.2, 0) is 42.7 Å². The Morgan fingerprint density at radius 1 is 0.690 bits per heavy atom. The van der Waals surface area contributed by atoms with Gasteiger partial charge in [-0.15, -0.1) is 0 Å². The van der Waals surface area contributed by atoms with Crippen LogP contribution in [0, 0.1) is 0 Å². The SMILES string of the molecule is CCCCCCCCCCCCC/C=C\C(O)C(N)CO[C@@H]1O[C@H](CO)[C@@H](O[C@@H]2O[C@H](CO)[C@@H](O[C@@H]3O[C@H](CO)[C@@H](O)[C@H](O)[C@H]3N)[C@@H](O[C@@]3(C(=O)[O-])C[C@@H](O)[C@H](N)[C@H](C(O)C(O)CO)O3)[C@@H]2O)[C@H](O)[C@H]1O. The second-order valence-corrected chi connectivity index (χ2v) is 18.9. The first kappa shape index (κ1) is 61.8. The Labute approximate surface area is 412 Å². The number of rotatable bonds is 30. The van der Waals surface area contributed by atoms with E-state index in [4.69, 9.17) is 55.1 Å². The maximum atomic E-state index is 13.0. The maximum absolute atomic E-state index is 13.0. The van der Waals surface area contributed by atoms with Crippen molar-refractivity contribution in [2.45, 2.75) is 231 Å². The van der Waals surface area contributed by atoms with Gasteiger partial charge in [-0.25, -0.2) is 0 Å². The molecule has 0 amide bonds. The van der Waals surface area contributed by atoms with Crippen molar-refractivity contribution in [3.8, 4) is 0 Å². The van der Waals surface area contributed by atoms with Crippen molar-refractivity contribution >= 4 is 5.97 Å². The van der Waals surface area contributed by atoms with Gasteiger partial charge in [-0.1, -0.05) is 83.3 Å². The fourth-order valence-corrected chi connectivity index (χ4v) is 9.03. The third-order valence-electron chi connectivity index (χ3n) is 13.5. The molecule has 23 atom stereocenters. The monoisotopic (exact) mass is 1030 g/mol. The summed E-state index contributed by atoms with van der Waals surface area (Å²) in [6.45, 7) is -2.16. The number of carboxylic acids is 1. The van der Waals surface area contributed by atoms with E-state index in [0.717, 1.165) is 25.7 Å². The standard InChI is InChI=1S/C45H83N3O23/c1-2-3-4-5-6-7-8-9-10-11-12-13-14-15-23(53)22(46)21-64-42-35(60)34(59)37(27(19-51)66-42)68-43-36(61)40(38(28(20-52)67-43)69-41-30(48)33(58)32(57)26(18-50)65-41)71-45(44(62)63)16-24(54)29(47)39(70-45)31(56)25(55)17-49/h14-15,22-43,49-61H,2-13,16-21,46-48H2,1H3,(H,62,63)/p-1/b15-14-/t22?,23?,24-,25?,26-,27-,28-,29+,30-,31?,32-,33-,34-,35-,36+,37-,38-,39-,40+,41+,42-,43+,45-/m1/s1. The summed E-state index contributed by atoms with van der Waals surface area (Å²) >= 11 is 0. The number of aliphatic hydroxyl groups excluding tert-OH is 13. The molecule has 0 aliphatic carbocycles. The highest BCUT2D eigenvalue weighted by molar-refractivity contribution is 5.74. The van der Waals surface area contributed by atoms with Crippen LogP contribution in [0.3, 0.4) is 0 Å². The second-order valence-electron chi connectivity index (χ2n) is 18.9. The molecule has 0 saturated carbocycles. The fraction of sp³-hybridized carbons (Fsp3) is 0.933. The summed E-state index contributed by atoms with van der Waals surface area (Å²) in [5, 5.41) is 151. The number of aliphatic hydroxyl groups is 13. The first-order valence-electron chi connectivity index (χ1n) is 24.8. The molecule has 26 nitrogen and oxygen atoms in total. The van der Waals surface area contributed by atoms with Gasteiger partial charge in [-0.05, 0) is 12.8 Å². The average molecular weight is 1030 g/mol. The van der Waals surface area contributed by atoms with E-state index in [9.17, 15) is 76.3 Å². The summed E-state index contributed by atoms with van der Waals surface area (Å²) in [6, 6.07) is -4.27. The molecule has 0 aromatic heterocycles. The highest BCUT2D eigenvalue weighted by Gasteiger charge is 2.59. The number of ether oxygens (including phenoxy) is 8. The Morgan fingerprint density at radius 2 is 1.24 bits per heavy atom. The third kappa shape index (κ3) is 16.4. The first-order chi connectivity index (χ1) is 33.8. The average Bonchev–Trinajstić information content (AvgIpc) is 3.35. The lowest BCUT2D eigenvalue weighted by Crippen LogP contribution is -2.72. The molecule has 4 fully saturated rings. The Balaban J connectivity index is 1.47. The third-order valence-corrected chi connectivity index (χ3v) is 13.5. The number of nitrogens with two attached hydrogens (primary N) is 3. The molecule has 4 aliphatic heterocycles. The number of carbonyl (C=O) groups excluding carboxylic acids is 1. The van der Waals surface area contributed by atoms with Gasteiger partial charge in [-0.3, -0.25) is 0 Å². The predicted molar refractivity (Wildman–Crippen MR) is 240 cm³/mol. The first-order valence-corrected chi connectivity index (χ1v) is 24.8. The number of allylic oxidation sites excluding steroid dienone is 1. The Bertz CT molecular complexity index is 1540. The highest BCUT2D eigenvalue weighted by Crippen LogP contribution is 2.39. The molecule has 4 saturated heterocycles. The van der Waals surface area contributed by atoms with Crippen molar-refractivity contribution in [1.29, 1.82) is 0 Å². The molecule has 4 rings (SSSR count). The summed E-state index contributed by atoms with van der Waals surface area (Å²) in [7, 11) is 0. The number of carbonyl (C=O) groups is 1. The quantitative estimate of drug-likeness (QED) is 0.0235. The molecule has 0 radical (unpaired) electrons. The van der Waals surface area contributed by atoms with Gasteiger partial charge >= 0.3 is 0 Å². The van der Waals surface area contributed by atoms with Gasteiger partial charge in [0.15, 0.2) is 18.9 Å². The summed E-state index contributed by atoms with van der Waals surface area (Å²) in [5.41, 5.74) is 18.2. The zero-order valence-corrected chi connectivity index (χ0v) is 40.2. The van der Waals surface area contributed by atoms with Crippen molar-refractivity contribution in [2.24, 2.45) is 17.2 Å². The molecule has 26 heteroatoms. The molecule has 19 N–H and O–H groups in total. The van der Waals surface area contributed by atoms with E-state index >= 15 is 0 Å². The molecule has 416 valence electrons. The smallest absolute Gasteiger partial charge is 0.212 e. The number of hydrogen-bond acceptors (Lipinski definition) is 26. The topological polar surface area (TPSA) is 455 Å². The van der Waals surface area contributed by atoms with Gasteiger partial charge in [0.25, 0.3) is 0 Å². The summed E-state index contributed by atoms with van der Waals surface area (Å²) in [4.78, 5) is 13.0. The van der Waals surface area contributed by atoms with Gasteiger partial charge in [0.05, 0.1) is 63.4 Å². The van der Waals surface area contributed by atoms with E-state index in [1.54, 1.807) is 0 Å². The predicted octanol–water partition coefficient (Wildman–Crippen LogP) is -6.98. The van der Waals surface area contributed by atoms with Crippen LogP contribution in [0.4, 0.5) is 0 Å².